The molecule has 0 aliphatic heterocycles. The molecule has 0 bridgehead atoms. The maximum atomic E-state index is 10.9. The van der Waals surface area contributed by atoms with Gasteiger partial charge >= 0.3 is 5.97 Å². The van der Waals surface area contributed by atoms with Gasteiger partial charge in [-0.2, -0.15) is 0 Å². The van der Waals surface area contributed by atoms with Gasteiger partial charge in [-0.1, -0.05) is 0 Å². The number of imidazole rings is 1. The van der Waals surface area contributed by atoms with Gasteiger partial charge in [0, 0.05) is 11.3 Å². The summed E-state index contributed by atoms with van der Waals surface area (Å²) in [6, 6.07) is 12.1. The topological polar surface area (TPSA) is 92.0 Å². The van der Waals surface area contributed by atoms with E-state index < -0.39 is 5.97 Å². The predicted octanol–water partition coefficient (Wildman–Crippen LogP) is 2.51. The van der Waals surface area contributed by atoms with Crippen LogP contribution in [0.15, 0.2) is 42.5 Å². The van der Waals surface area contributed by atoms with Crippen LogP contribution in [0.5, 0.6) is 0 Å². The Kier molecular flexibility index (Phi) is 2.45. The first-order chi connectivity index (χ1) is 9.13. The number of nitrogens with zero attached hydrogens (tertiary/aromatic N) is 1. The molecule has 0 amide bonds. The number of carboxylic acid groups (broad SMARTS) is 1. The van der Waals surface area contributed by atoms with Crippen molar-refractivity contribution in [1.29, 1.82) is 0 Å². The first-order valence-corrected chi connectivity index (χ1v) is 5.72. The second kappa shape index (κ2) is 4.13. The van der Waals surface area contributed by atoms with Gasteiger partial charge in [-0.05, 0) is 42.5 Å². The van der Waals surface area contributed by atoms with Crippen molar-refractivity contribution in [2.75, 3.05) is 5.73 Å². The molecule has 3 aromatic rings. The van der Waals surface area contributed by atoms with Crippen LogP contribution in [0.2, 0.25) is 0 Å². The summed E-state index contributed by atoms with van der Waals surface area (Å²) < 4.78 is 0. The number of anilines is 1. The number of H-pyrrole nitrogens is 1. The van der Waals surface area contributed by atoms with Gasteiger partial charge in [0.05, 0.1) is 16.6 Å². The molecule has 5 heteroatoms. The maximum absolute atomic E-state index is 10.9. The van der Waals surface area contributed by atoms with Gasteiger partial charge in [0.2, 0.25) is 0 Å². The summed E-state index contributed by atoms with van der Waals surface area (Å²) in [7, 11) is 0. The number of benzene rings is 2. The molecule has 5 nitrogen and oxygen atoms in total. The SMILES string of the molecule is Nc1ccc(-c2nc3ccc(C(=O)O)cc3[nH]2)cc1. The van der Waals surface area contributed by atoms with Crippen molar-refractivity contribution in [2.24, 2.45) is 0 Å². The Labute approximate surface area is 108 Å². The van der Waals surface area contributed by atoms with Crippen molar-refractivity contribution in [3.05, 3.63) is 48.0 Å². The van der Waals surface area contributed by atoms with Crippen LogP contribution in [0.25, 0.3) is 22.4 Å². The number of nitrogens with one attached hydrogen (secondary N) is 1. The van der Waals surface area contributed by atoms with E-state index in [0.29, 0.717) is 17.0 Å². The molecule has 94 valence electrons. The molecule has 0 atom stereocenters. The summed E-state index contributed by atoms with van der Waals surface area (Å²) in [6.07, 6.45) is 0. The summed E-state index contributed by atoms with van der Waals surface area (Å²) >= 11 is 0. The van der Waals surface area contributed by atoms with E-state index in [1.54, 1.807) is 24.3 Å². The zero-order valence-corrected chi connectivity index (χ0v) is 9.92. The van der Waals surface area contributed by atoms with Crippen LogP contribution in [0.3, 0.4) is 0 Å². The van der Waals surface area contributed by atoms with E-state index in [2.05, 4.69) is 9.97 Å². The van der Waals surface area contributed by atoms with E-state index in [1.165, 1.54) is 6.07 Å². The highest BCUT2D eigenvalue weighted by Gasteiger charge is 2.08. The average Bonchev–Trinajstić information content (AvgIpc) is 2.82. The largest absolute Gasteiger partial charge is 0.478 e. The van der Waals surface area contributed by atoms with Gasteiger partial charge in [0.1, 0.15) is 5.82 Å². The van der Waals surface area contributed by atoms with Crippen LogP contribution in [0.4, 0.5) is 5.69 Å². The number of hydrogen-bond acceptors (Lipinski definition) is 3. The summed E-state index contributed by atoms with van der Waals surface area (Å²) in [4.78, 5) is 18.4. The Morgan fingerprint density at radius 3 is 2.58 bits per heavy atom. The molecule has 0 spiro atoms. The minimum Gasteiger partial charge on any atom is -0.478 e. The lowest BCUT2D eigenvalue weighted by Crippen LogP contribution is -1.94. The molecule has 19 heavy (non-hydrogen) atoms. The molecule has 1 heterocycles. The Balaban J connectivity index is 2.11. The standard InChI is InChI=1S/C14H11N3O2/c15-10-4-1-8(2-5-10)13-16-11-6-3-9(14(18)19)7-12(11)17-13/h1-7H,15H2,(H,16,17)(H,18,19). The third-order valence-electron chi connectivity index (χ3n) is 2.91. The molecule has 0 radical (unpaired) electrons. The quantitative estimate of drug-likeness (QED) is 0.612. The number of aromatic amines is 1. The summed E-state index contributed by atoms with van der Waals surface area (Å²) in [5, 5.41) is 8.95. The zero-order chi connectivity index (χ0) is 13.4. The summed E-state index contributed by atoms with van der Waals surface area (Å²) in [6.45, 7) is 0. The van der Waals surface area contributed by atoms with Gasteiger partial charge in [-0.3, -0.25) is 0 Å². The number of rotatable bonds is 2. The fourth-order valence-corrected chi connectivity index (χ4v) is 1.92. The minimum atomic E-state index is -0.953. The van der Waals surface area contributed by atoms with Crippen molar-refractivity contribution < 1.29 is 9.90 Å². The van der Waals surface area contributed by atoms with Crippen LogP contribution in [-0.2, 0) is 0 Å². The monoisotopic (exact) mass is 253 g/mol. The number of fused-ring (bicyclic) bond motifs is 1. The fraction of sp³-hybridized carbons (Fsp3) is 0. The van der Waals surface area contributed by atoms with E-state index in [1.807, 2.05) is 12.1 Å². The van der Waals surface area contributed by atoms with E-state index in [0.717, 1.165) is 11.1 Å². The number of hydrogen-bond donors (Lipinski definition) is 3. The average molecular weight is 253 g/mol. The summed E-state index contributed by atoms with van der Waals surface area (Å²) in [5.74, 6) is -0.261. The third kappa shape index (κ3) is 2.01. The Bertz CT molecular complexity index is 760. The molecule has 0 saturated carbocycles. The lowest BCUT2D eigenvalue weighted by atomic mass is 10.2. The molecule has 0 saturated heterocycles. The molecule has 0 aliphatic rings. The van der Waals surface area contributed by atoms with Crippen LogP contribution in [-0.4, -0.2) is 21.0 Å². The number of carboxylic acids is 1. The van der Waals surface area contributed by atoms with Crippen molar-refractivity contribution >= 4 is 22.7 Å². The van der Waals surface area contributed by atoms with Crippen LogP contribution >= 0.6 is 0 Å². The van der Waals surface area contributed by atoms with Crippen molar-refractivity contribution in [2.45, 2.75) is 0 Å². The first kappa shape index (κ1) is 11.3. The fourth-order valence-electron chi connectivity index (χ4n) is 1.92. The van der Waals surface area contributed by atoms with Crippen LogP contribution in [0.1, 0.15) is 10.4 Å². The van der Waals surface area contributed by atoms with Crippen LogP contribution in [0, 0.1) is 0 Å². The van der Waals surface area contributed by atoms with E-state index in [4.69, 9.17) is 10.8 Å². The number of carbonyl (C=O) groups is 1. The molecular formula is C14H11N3O2. The molecule has 0 fully saturated rings. The zero-order valence-electron chi connectivity index (χ0n) is 9.92. The smallest absolute Gasteiger partial charge is 0.335 e. The number of aromatic nitrogens is 2. The Morgan fingerprint density at radius 2 is 1.89 bits per heavy atom. The Morgan fingerprint density at radius 1 is 1.16 bits per heavy atom. The second-order valence-corrected chi connectivity index (χ2v) is 4.24. The first-order valence-electron chi connectivity index (χ1n) is 5.72. The van der Waals surface area contributed by atoms with Gasteiger partial charge in [-0.25, -0.2) is 9.78 Å². The lowest BCUT2D eigenvalue weighted by Gasteiger charge is -1.96. The molecule has 0 unspecified atom stereocenters. The van der Waals surface area contributed by atoms with E-state index in [-0.39, 0.29) is 5.56 Å². The number of nitrogens with two attached hydrogens (primary N) is 1. The lowest BCUT2D eigenvalue weighted by molar-refractivity contribution is 0.0697. The summed E-state index contributed by atoms with van der Waals surface area (Å²) in [5.41, 5.74) is 8.90. The highest BCUT2D eigenvalue weighted by molar-refractivity contribution is 5.93. The minimum absolute atomic E-state index is 0.236. The van der Waals surface area contributed by atoms with Crippen molar-refractivity contribution in [1.82, 2.24) is 9.97 Å². The molecule has 0 aliphatic carbocycles. The number of aromatic carboxylic acids is 1. The van der Waals surface area contributed by atoms with E-state index in [9.17, 15) is 4.79 Å². The van der Waals surface area contributed by atoms with Gasteiger partial charge in [-0.15, -0.1) is 0 Å². The van der Waals surface area contributed by atoms with E-state index >= 15 is 0 Å². The van der Waals surface area contributed by atoms with Crippen molar-refractivity contribution in [3.8, 4) is 11.4 Å². The second-order valence-electron chi connectivity index (χ2n) is 4.24. The molecule has 2 aromatic carbocycles. The van der Waals surface area contributed by atoms with Gasteiger partial charge in [0.15, 0.2) is 0 Å². The number of nitrogen functional groups attached to an aromatic ring is 1. The normalized spacial score (nSPS) is 10.7. The molecule has 3 rings (SSSR count). The predicted molar refractivity (Wildman–Crippen MR) is 72.9 cm³/mol. The Hall–Kier alpha value is -2.82. The highest BCUT2D eigenvalue weighted by Crippen LogP contribution is 2.22. The van der Waals surface area contributed by atoms with Crippen molar-refractivity contribution in [3.63, 3.8) is 0 Å². The van der Waals surface area contributed by atoms with Crippen LogP contribution < -0.4 is 5.73 Å². The third-order valence-corrected chi connectivity index (χ3v) is 2.91. The molecular weight excluding hydrogens is 242 g/mol. The highest BCUT2D eigenvalue weighted by atomic mass is 16.4. The van der Waals surface area contributed by atoms with Gasteiger partial charge < -0.3 is 15.8 Å². The molecule has 4 N–H and O–H groups in total. The molecule has 1 aromatic heterocycles. The maximum Gasteiger partial charge on any atom is 0.335 e. The van der Waals surface area contributed by atoms with Gasteiger partial charge in [0.25, 0.3) is 0 Å².